The summed E-state index contributed by atoms with van der Waals surface area (Å²) in [6.07, 6.45) is 1.74. The third-order valence-corrected chi connectivity index (χ3v) is 3.81. The van der Waals surface area contributed by atoms with E-state index in [4.69, 9.17) is 14.0 Å². The van der Waals surface area contributed by atoms with Crippen LogP contribution in [0.1, 0.15) is 43.7 Å². The van der Waals surface area contributed by atoms with Crippen LogP contribution in [-0.2, 0) is 22.4 Å². The quantitative estimate of drug-likeness (QED) is 0.790. The lowest BCUT2D eigenvalue weighted by Crippen LogP contribution is -2.30. The molecule has 0 saturated heterocycles. The van der Waals surface area contributed by atoms with Crippen LogP contribution in [0.15, 0.2) is 28.8 Å². The number of benzene rings is 1. The summed E-state index contributed by atoms with van der Waals surface area (Å²) in [6.45, 7) is 4.10. The van der Waals surface area contributed by atoms with Gasteiger partial charge in [-0.15, -0.1) is 0 Å². The maximum Gasteiger partial charge on any atom is 0.313 e. The van der Waals surface area contributed by atoms with Gasteiger partial charge in [0.1, 0.15) is 12.4 Å². The first-order chi connectivity index (χ1) is 11.2. The fourth-order valence-electron chi connectivity index (χ4n) is 2.56. The highest BCUT2D eigenvalue weighted by atomic mass is 16.6. The van der Waals surface area contributed by atoms with Gasteiger partial charge in [-0.25, -0.2) is 0 Å². The molecule has 0 bridgehead atoms. The summed E-state index contributed by atoms with van der Waals surface area (Å²) in [7, 11) is 0. The standard InChI is InChI=1S/C17H20N2O4/c1-3-6-15-18-16(23-19-15)11(2)22-17(20)13-9-12-7-4-5-8-14(12)21-10-13/h4-5,7-8,11,13H,3,6,9-10H2,1-2H3. The van der Waals surface area contributed by atoms with Crippen LogP contribution in [0.5, 0.6) is 5.75 Å². The molecular weight excluding hydrogens is 296 g/mol. The van der Waals surface area contributed by atoms with Crippen LogP contribution in [0.25, 0.3) is 0 Å². The van der Waals surface area contributed by atoms with E-state index in [1.54, 1.807) is 6.92 Å². The smallest absolute Gasteiger partial charge is 0.313 e. The van der Waals surface area contributed by atoms with Crippen molar-refractivity contribution in [2.75, 3.05) is 6.61 Å². The van der Waals surface area contributed by atoms with Crippen LogP contribution < -0.4 is 4.74 Å². The average molecular weight is 316 g/mol. The Morgan fingerprint density at radius 3 is 3.09 bits per heavy atom. The van der Waals surface area contributed by atoms with E-state index in [9.17, 15) is 4.79 Å². The van der Waals surface area contributed by atoms with Crippen LogP contribution >= 0.6 is 0 Å². The van der Waals surface area contributed by atoms with Crippen LogP contribution in [0, 0.1) is 5.92 Å². The lowest BCUT2D eigenvalue weighted by Gasteiger charge is -2.24. The second-order valence-electron chi connectivity index (χ2n) is 5.70. The molecule has 0 saturated carbocycles. The number of esters is 1. The van der Waals surface area contributed by atoms with Gasteiger partial charge >= 0.3 is 5.97 Å². The first-order valence-electron chi connectivity index (χ1n) is 7.91. The highest BCUT2D eigenvalue weighted by molar-refractivity contribution is 5.73. The Bertz CT molecular complexity index is 683. The van der Waals surface area contributed by atoms with E-state index in [-0.39, 0.29) is 11.9 Å². The van der Waals surface area contributed by atoms with Gasteiger partial charge in [-0.1, -0.05) is 30.3 Å². The molecule has 2 aromatic rings. The van der Waals surface area contributed by atoms with Crippen molar-refractivity contribution in [2.45, 2.75) is 39.2 Å². The molecule has 122 valence electrons. The zero-order valence-corrected chi connectivity index (χ0v) is 13.3. The van der Waals surface area contributed by atoms with E-state index in [2.05, 4.69) is 10.1 Å². The van der Waals surface area contributed by atoms with Gasteiger partial charge in [0.15, 0.2) is 11.9 Å². The fourth-order valence-corrected chi connectivity index (χ4v) is 2.56. The number of aromatic nitrogens is 2. The first kappa shape index (κ1) is 15.5. The summed E-state index contributed by atoms with van der Waals surface area (Å²) in [6, 6.07) is 7.73. The third kappa shape index (κ3) is 3.52. The largest absolute Gasteiger partial charge is 0.492 e. The SMILES string of the molecule is CCCc1noc(C(C)OC(=O)C2COc3ccccc3C2)n1. The monoisotopic (exact) mass is 316 g/mol. The summed E-state index contributed by atoms with van der Waals surface area (Å²) in [5.74, 6) is 1.19. The summed E-state index contributed by atoms with van der Waals surface area (Å²) < 4.78 is 16.2. The number of carbonyl (C=O) groups excluding carboxylic acids is 1. The Kier molecular flexibility index (Phi) is 4.60. The number of fused-ring (bicyclic) bond motifs is 1. The Morgan fingerprint density at radius 1 is 1.43 bits per heavy atom. The summed E-state index contributed by atoms with van der Waals surface area (Å²) in [5, 5.41) is 3.87. The van der Waals surface area contributed by atoms with Crippen LogP contribution in [-0.4, -0.2) is 22.7 Å². The van der Waals surface area contributed by atoms with Gasteiger partial charge < -0.3 is 14.0 Å². The van der Waals surface area contributed by atoms with Crippen molar-refractivity contribution in [1.29, 1.82) is 0 Å². The molecule has 0 radical (unpaired) electrons. The Morgan fingerprint density at radius 2 is 2.26 bits per heavy atom. The minimum Gasteiger partial charge on any atom is -0.492 e. The molecule has 0 spiro atoms. The second-order valence-corrected chi connectivity index (χ2v) is 5.70. The Hall–Kier alpha value is -2.37. The maximum absolute atomic E-state index is 12.3. The van der Waals surface area contributed by atoms with E-state index in [0.29, 0.717) is 24.7 Å². The molecule has 1 aliphatic rings. The Labute approximate surface area is 134 Å². The minimum atomic E-state index is -0.558. The molecule has 0 amide bonds. The fraction of sp³-hybridized carbons (Fsp3) is 0.471. The van der Waals surface area contributed by atoms with Gasteiger partial charge in [0.25, 0.3) is 5.89 Å². The first-order valence-corrected chi connectivity index (χ1v) is 7.91. The molecule has 3 rings (SSSR count). The predicted molar refractivity (Wildman–Crippen MR) is 81.9 cm³/mol. The zero-order valence-electron chi connectivity index (χ0n) is 13.3. The molecule has 6 nitrogen and oxygen atoms in total. The van der Waals surface area contributed by atoms with E-state index >= 15 is 0 Å². The molecule has 0 fully saturated rings. The number of hydrogen-bond donors (Lipinski definition) is 0. The van der Waals surface area contributed by atoms with E-state index in [1.807, 2.05) is 31.2 Å². The molecule has 1 aromatic carbocycles. The van der Waals surface area contributed by atoms with Crippen molar-refractivity contribution in [3.63, 3.8) is 0 Å². The number of nitrogens with zero attached hydrogens (tertiary/aromatic N) is 2. The molecular formula is C17H20N2O4. The lowest BCUT2D eigenvalue weighted by molar-refractivity contribution is -0.156. The summed E-state index contributed by atoms with van der Waals surface area (Å²) in [4.78, 5) is 16.6. The third-order valence-electron chi connectivity index (χ3n) is 3.81. The molecule has 2 atom stereocenters. The van der Waals surface area contributed by atoms with E-state index in [0.717, 1.165) is 24.2 Å². The summed E-state index contributed by atoms with van der Waals surface area (Å²) in [5.41, 5.74) is 1.02. The number of ether oxygens (including phenoxy) is 2. The second kappa shape index (κ2) is 6.81. The van der Waals surface area contributed by atoms with Gasteiger partial charge in [-0.3, -0.25) is 4.79 Å². The van der Waals surface area contributed by atoms with Crippen molar-refractivity contribution < 1.29 is 18.8 Å². The van der Waals surface area contributed by atoms with Crippen molar-refractivity contribution in [3.05, 3.63) is 41.5 Å². The van der Waals surface area contributed by atoms with Gasteiger partial charge in [0.05, 0.1) is 5.92 Å². The minimum absolute atomic E-state index is 0.303. The zero-order chi connectivity index (χ0) is 16.2. The number of carbonyl (C=O) groups is 1. The molecule has 1 aliphatic heterocycles. The number of rotatable bonds is 5. The topological polar surface area (TPSA) is 74.5 Å². The van der Waals surface area contributed by atoms with Crippen LogP contribution in [0.2, 0.25) is 0 Å². The Balaban J connectivity index is 1.60. The molecule has 6 heteroatoms. The van der Waals surface area contributed by atoms with Crippen molar-refractivity contribution in [3.8, 4) is 5.75 Å². The molecule has 2 heterocycles. The van der Waals surface area contributed by atoms with Crippen LogP contribution in [0.3, 0.4) is 0 Å². The normalized spacial score (nSPS) is 17.9. The molecule has 23 heavy (non-hydrogen) atoms. The summed E-state index contributed by atoms with van der Waals surface area (Å²) >= 11 is 0. The molecule has 2 unspecified atom stereocenters. The highest BCUT2D eigenvalue weighted by Crippen LogP contribution is 2.28. The van der Waals surface area contributed by atoms with E-state index < -0.39 is 6.10 Å². The van der Waals surface area contributed by atoms with Gasteiger partial charge in [0, 0.05) is 6.42 Å². The number of aryl methyl sites for hydroxylation is 1. The van der Waals surface area contributed by atoms with Crippen molar-refractivity contribution in [2.24, 2.45) is 5.92 Å². The molecule has 1 aromatic heterocycles. The highest BCUT2D eigenvalue weighted by Gasteiger charge is 2.29. The van der Waals surface area contributed by atoms with Gasteiger partial charge in [0.2, 0.25) is 0 Å². The number of para-hydroxylation sites is 1. The van der Waals surface area contributed by atoms with Gasteiger partial charge in [-0.05, 0) is 31.4 Å². The predicted octanol–water partition coefficient (Wildman–Crippen LogP) is 2.88. The van der Waals surface area contributed by atoms with Crippen LogP contribution in [0.4, 0.5) is 0 Å². The molecule has 0 N–H and O–H groups in total. The average Bonchev–Trinajstić information content (AvgIpc) is 3.03. The molecule has 0 aliphatic carbocycles. The van der Waals surface area contributed by atoms with E-state index in [1.165, 1.54) is 0 Å². The van der Waals surface area contributed by atoms with Crippen molar-refractivity contribution >= 4 is 5.97 Å². The maximum atomic E-state index is 12.3. The van der Waals surface area contributed by atoms with Gasteiger partial charge in [-0.2, -0.15) is 4.98 Å². The van der Waals surface area contributed by atoms with Crippen molar-refractivity contribution in [1.82, 2.24) is 10.1 Å². The lowest BCUT2D eigenvalue weighted by atomic mass is 9.97. The number of hydrogen-bond acceptors (Lipinski definition) is 6.